The van der Waals surface area contributed by atoms with E-state index in [4.69, 9.17) is 9.72 Å². The molecule has 6 nitrogen and oxygen atoms in total. The molecule has 34 heavy (non-hydrogen) atoms. The lowest BCUT2D eigenvalue weighted by Crippen LogP contribution is -1.99. The molecule has 0 aliphatic rings. The third kappa shape index (κ3) is 4.90. The Labute approximate surface area is 208 Å². The number of pyridine rings is 1. The standard InChI is InChI=1S/C26H23N5OS.ClH/c1-3-19-14-25(23-15-20(33-2)12-13-24(23)27-19)32-16-17-8-10-18(11-9-17)21-6-4-5-7-22(21)26-28-30-31-29-26;/h4-15H,3,16H2,1-2H3,(H,28,29,30,31);1H. The molecule has 0 saturated heterocycles. The number of aromatic amines is 1. The monoisotopic (exact) mass is 489 g/mol. The number of aromatic nitrogens is 5. The van der Waals surface area contributed by atoms with Gasteiger partial charge in [0.15, 0.2) is 5.82 Å². The molecular weight excluding hydrogens is 466 g/mol. The van der Waals surface area contributed by atoms with E-state index in [0.717, 1.165) is 51.0 Å². The Kier molecular flexibility index (Phi) is 7.45. The SMILES string of the molecule is CCc1cc(OCc2ccc(-c3ccccc3-c3nnn[nH]3)cc2)c2cc(SC)ccc2n1.Cl. The summed E-state index contributed by atoms with van der Waals surface area (Å²) in [6.45, 7) is 2.60. The number of aryl methyl sites for hydroxylation is 1. The number of rotatable bonds is 7. The van der Waals surface area contributed by atoms with E-state index < -0.39 is 0 Å². The fourth-order valence-electron chi connectivity index (χ4n) is 3.81. The van der Waals surface area contributed by atoms with Gasteiger partial charge in [0, 0.05) is 27.6 Å². The molecule has 5 aromatic rings. The van der Waals surface area contributed by atoms with Crippen LogP contribution in [-0.2, 0) is 13.0 Å². The van der Waals surface area contributed by atoms with Crippen LogP contribution in [0, 0.1) is 0 Å². The molecule has 0 bridgehead atoms. The number of fused-ring (bicyclic) bond motifs is 1. The highest BCUT2D eigenvalue weighted by molar-refractivity contribution is 7.98. The van der Waals surface area contributed by atoms with Gasteiger partial charge in [0.05, 0.1) is 5.52 Å². The highest BCUT2D eigenvalue weighted by atomic mass is 35.5. The molecule has 3 aromatic carbocycles. The van der Waals surface area contributed by atoms with Crippen LogP contribution in [0.5, 0.6) is 5.75 Å². The number of tetrazole rings is 1. The molecule has 0 saturated carbocycles. The van der Waals surface area contributed by atoms with E-state index in [-0.39, 0.29) is 12.4 Å². The van der Waals surface area contributed by atoms with Crippen molar-refractivity contribution in [1.82, 2.24) is 25.6 Å². The number of benzene rings is 3. The molecule has 0 atom stereocenters. The molecule has 1 N–H and O–H groups in total. The molecule has 8 heteroatoms. The highest BCUT2D eigenvalue weighted by Gasteiger charge is 2.11. The summed E-state index contributed by atoms with van der Waals surface area (Å²) in [4.78, 5) is 5.95. The molecule has 172 valence electrons. The second-order valence-electron chi connectivity index (χ2n) is 7.63. The van der Waals surface area contributed by atoms with Crippen molar-refractivity contribution in [3.05, 3.63) is 84.1 Å². The smallest absolute Gasteiger partial charge is 0.180 e. The van der Waals surface area contributed by atoms with E-state index in [2.05, 4.69) is 88.4 Å². The maximum absolute atomic E-state index is 6.29. The minimum atomic E-state index is 0. The Bertz CT molecular complexity index is 1390. The van der Waals surface area contributed by atoms with Crippen LogP contribution in [0.2, 0.25) is 0 Å². The van der Waals surface area contributed by atoms with Crippen LogP contribution in [0.3, 0.4) is 0 Å². The number of nitrogens with one attached hydrogen (secondary N) is 1. The number of hydrogen-bond donors (Lipinski definition) is 1. The molecule has 2 heterocycles. The second-order valence-corrected chi connectivity index (χ2v) is 8.51. The lowest BCUT2D eigenvalue weighted by molar-refractivity contribution is 0.309. The van der Waals surface area contributed by atoms with Crippen molar-refractivity contribution in [3.63, 3.8) is 0 Å². The van der Waals surface area contributed by atoms with E-state index in [1.807, 2.05) is 18.2 Å². The zero-order valence-electron chi connectivity index (χ0n) is 18.9. The van der Waals surface area contributed by atoms with Gasteiger partial charge in [-0.3, -0.25) is 4.98 Å². The summed E-state index contributed by atoms with van der Waals surface area (Å²) in [5.74, 6) is 1.53. The Balaban J connectivity index is 0.00000274. The number of halogens is 1. The van der Waals surface area contributed by atoms with Crippen LogP contribution in [0.25, 0.3) is 33.4 Å². The van der Waals surface area contributed by atoms with Crippen molar-refractivity contribution < 1.29 is 4.74 Å². The summed E-state index contributed by atoms with van der Waals surface area (Å²) in [6, 6.07) is 24.9. The van der Waals surface area contributed by atoms with Crippen LogP contribution >= 0.6 is 24.2 Å². The number of H-pyrrole nitrogens is 1. The third-order valence-corrected chi connectivity index (χ3v) is 6.31. The van der Waals surface area contributed by atoms with E-state index in [9.17, 15) is 0 Å². The lowest BCUT2D eigenvalue weighted by Gasteiger charge is -2.13. The first kappa shape index (κ1) is 23.7. The predicted molar refractivity (Wildman–Crippen MR) is 140 cm³/mol. The topological polar surface area (TPSA) is 76.6 Å². The molecule has 0 aliphatic carbocycles. The van der Waals surface area contributed by atoms with Gasteiger partial charge >= 0.3 is 0 Å². The number of ether oxygens (including phenoxy) is 1. The molecular formula is C26H24ClN5OS. The normalized spacial score (nSPS) is 10.8. The number of hydrogen-bond acceptors (Lipinski definition) is 6. The fraction of sp³-hybridized carbons (Fsp3) is 0.154. The van der Waals surface area contributed by atoms with Gasteiger partial charge in [0.25, 0.3) is 0 Å². The molecule has 2 aromatic heterocycles. The van der Waals surface area contributed by atoms with Gasteiger partial charge in [-0.05, 0) is 58.0 Å². The van der Waals surface area contributed by atoms with Crippen molar-refractivity contribution in [1.29, 1.82) is 0 Å². The van der Waals surface area contributed by atoms with E-state index in [0.29, 0.717) is 12.4 Å². The van der Waals surface area contributed by atoms with Crippen LogP contribution < -0.4 is 4.74 Å². The van der Waals surface area contributed by atoms with Crippen molar-refractivity contribution in [2.24, 2.45) is 0 Å². The van der Waals surface area contributed by atoms with Crippen LogP contribution in [0.4, 0.5) is 0 Å². The quantitative estimate of drug-likeness (QED) is 0.268. The molecule has 0 spiro atoms. The first-order valence-corrected chi connectivity index (χ1v) is 12.0. The summed E-state index contributed by atoms with van der Waals surface area (Å²) in [5, 5.41) is 15.4. The summed E-state index contributed by atoms with van der Waals surface area (Å²) in [7, 11) is 0. The van der Waals surface area contributed by atoms with Gasteiger partial charge < -0.3 is 4.74 Å². The lowest BCUT2D eigenvalue weighted by atomic mass is 9.98. The van der Waals surface area contributed by atoms with Crippen molar-refractivity contribution >= 4 is 35.1 Å². The predicted octanol–water partition coefficient (Wildman–Crippen LogP) is 6.37. The summed E-state index contributed by atoms with van der Waals surface area (Å²) in [5.41, 5.74) is 6.23. The molecule has 0 unspecified atom stereocenters. The van der Waals surface area contributed by atoms with E-state index >= 15 is 0 Å². The average Bonchev–Trinajstić information content (AvgIpc) is 3.42. The molecule has 0 amide bonds. The third-order valence-electron chi connectivity index (χ3n) is 5.58. The Morgan fingerprint density at radius 3 is 2.44 bits per heavy atom. The fourth-order valence-corrected chi connectivity index (χ4v) is 4.25. The summed E-state index contributed by atoms with van der Waals surface area (Å²) >= 11 is 1.72. The average molecular weight is 490 g/mol. The molecule has 5 rings (SSSR count). The second kappa shape index (κ2) is 10.7. The molecule has 0 radical (unpaired) electrons. The van der Waals surface area contributed by atoms with Gasteiger partial charge in [-0.25, -0.2) is 5.10 Å². The largest absolute Gasteiger partial charge is 0.488 e. The number of nitrogens with zero attached hydrogens (tertiary/aromatic N) is 4. The summed E-state index contributed by atoms with van der Waals surface area (Å²) < 4.78 is 6.29. The Morgan fingerprint density at radius 1 is 0.941 bits per heavy atom. The van der Waals surface area contributed by atoms with Crippen molar-refractivity contribution in [3.8, 4) is 28.3 Å². The highest BCUT2D eigenvalue weighted by Crippen LogP contribution is 2.32. The first-order chi connectivity index (χ1) is 16.2. The summed E-state index contributed by atoms with van der Waals surface area (Å²) in [6.07, 6.45) is 2.94. The maximum atomic E-state index is 6.29. The number of thioether (sulfide) groups is 1. The molecule has 0 aliphatic heterocycles. The van der Waals surface area contributed by atoms with Crippen LogP contribution in [0.15, 0.2) is 77.7 Å². The Hall–Kier alpha value is -3.42. The van der Waals surface area contributed by atoms with E-state index in [1.165, 1.54) is 4.90 Å². The van der Waals surface area contributed by atoms with Crippen LogP contribution in [-0.4, -0.2) is 31.9 Å². The van der Waals surface area contributed by atoms with Crippen LogP contribution in [0.1, 0.15) is 18.2 Å². The zero-order chi connectivity index (χ0) is 22.6. The van der Waals surface area contributed by atoms with Crippen molar-refractivity contribution in [2.75, 3.05) is 6.26 Å². The van der Waals surface area contributed by atoms with E-state index in [1.54, 1.807) is 11.8 Å². The maximum Gasteiger partial charge on any atom is 0.180 e. The zero-order valence-corrected chi connectivity index (χ0v) is 20.5. The van der Waals surface area contributed by atoms with Gasteiger partial charge in [0.2, 0.25) is 0 Å². The molecule has 0 fully saturated rings. The van der Waals surface area contributed by atoms with Gasteiger partial charge in [0.1, 0.15) is 12.4 Å². The van der Waals surface area contributed by atoms with Gasteiger partial charge in [-0.2, -0.15) is 0 Å². The van der Waals surface area contributed by atoms with Gasteiger partial charge in [-0.15, -0.1) is 29.3 Å². The van der Waals surface area contributed by atoms with Crippen molar-refractivity contribution in [2.45, 2.75) is 24.8 Å². The minimum absolute atomic E-state index is 0. The van der Waals surface area contributed by atoms with Gasteiger partial charge in [-0.1, -0.05) is 55.5 Å². The first-order valence-electron chi connectivity index (χ1n) is 10.8. The Morgan fingerprint density at radius 2 is 1.74 bits per heavy atom. The minimum Gasteiger partial charge on any atom is -0.488 e.